The van der Waals surface area contributed by atoms with E-state index in [1.165, 1.54) is 0 Å². The minimum Gasteiger partial charge on any atom is -0.460 e. The third kappa shape index (κ3) is 15.7. The smallest absolute Gasteiger partial charge is 0.310 e. The maximum absolute atomic E-state index is 14.7. The summed E-state index contributed by atoms with van der Waals surface area (Å²) in [7, 11) is 6.97. The second kappa shape index (κ2) is 26.8. The van der Waals surface area contributed by atoms with Crippen LogP contribution in [0.15, 0.2) is 30.5 Å². The molecule has 1 aliphatic rings. The Bertz CT molecular complexity index is 1840. The number of esters is 1. The number of nitrogens with two attached hydrogens (primary N) is 1. The van der Waals surface area contributed by atoms with Crippen LogP contribution in [-0.4, -0.2) is 133 Å². The van der Waals surface area contributed by atoms with Gasteiger partial charge in [0.1, 0.15) is 11.4 Å². The number of nitrogens with zero attached hydrogens (tertiary/aromatic N) is 3. The lowest BCUT2D eigenvalue weighted by Gasteiger charge is -2.41. The molecule has 13 nitrogen and oxygen atoms in total. The quantitative estimate of drug-likeness (QED) is 0.0600. The van der Waals surface area contributed by atoms with E-state index < -0.39 is 47.6 Å². The van der Waals surface area contributed by atoms with Gasteiger partial charge >= 0.3 is 5.97 Å². The average Bonchev–Trinajstić information content (AvgIpc) is 3.91. The second-order valence-electron chi connectivity index (χ2n) is 20.9. The van der Waals surface area contributed by atoms with Crippen molar-refractivity contribution in [3.05, 3.63) is 36.0 Å². The van der Waals surface area contributed by atoms with E-state index in [1.54, 1.807) is 26.2 Å². The number of likely N-dealkylation sites (N-methyl/N-ethyl adjacent to an activating group) is 2. The van der Waals surface area contributed by atoms with E-state index in [-0.39, 0.29) is 72.5 Å². The number of amides is 2. The summed E-state index contributed by atoms with van der Waals surface area (Å²) < 4.78 is 18.1. The van der Waals surface area contributed by atoms with Crippen LogP contribution in [0, 0.1) is 35.5 Å². The SMILES string of the molecule is CC[C@H](C)[C@@H]([C@@H](CC(=O)N1CCC[C@H]1[C@H](OC)[C@@H](C)C(=O)C[C@@H](Cc1c[nH]c2ccccc12)C(=O)OC(C)(C)C)OC)N(C)C(=O)[C@@H](CC(=O)[C@H](C(C)C)N(C)CCCCCCN)C(C)C. The lowest BCUT2D eigenvalue weighted by atomic mass is 9.83. The minimum absolute atomic E-state index is 0.0186. The number of para-hydroxylation sites is 1. The van der Waals surface area contributed by atoms with Crippen LogP contribution in [-0.2, 0) is 44.6 Å². The average molecular weight is 924 g/mol. The number of carbonyl (C=O) groups excluding carboxylic acids is 5. The van der Waals surface area contributed by atoms with Gasteiger partial charge in [-0.2, -0.15) is 0 Å². The van der Waals surface area contributed by atoms with Crippen LogP contribution < -0.4 is 5.73 Å². The molecule has 1 fully saturated rings. The van der Waals surface area contributed by atoms with Gasteiger partial charge < -0.3 is 34.7 Å². The molecule has 1 aliphatic heterocycles. The molecule has 1 aromatic carbocycles. The van der Waals surface area contributed by atoms with Crippen molar-refractivity contribution in [3.63, 3.8) is 0 Å². The van der Waals surface area contributed by atoms with Gasteiger partial charge in [-0.05, 0) is 102 Å². The first-order valence-corrected chi connectivity index (χ1v) is 25.0. The van der Waals surface area contributed by atoms with Crippen molar-refractivity contribution in [2.24, 2.45) is 41.2 Å². The summed E-state index contributed by atoms with van der Waals surface area (Å²) in [6.45, 7) is 21.6. The molecule has 9 atom stereocenters. The number of likely N-dealkylation sites (tertiary alicyclic amines) is 1. The first kappa shape index (κ1) is 56.7. The van der Waals surface area contributed by atoms with Crippen molar-refractivity contribution in [1.82, 2.24) is 19.7 Å². The summed E-state index contributed by atoms with van der Waals surface area (Å²) in [4.78, 5) is 80.3. The Morgan fingerprint density at radius 1 is 0.879 bits per heavy atom. The molecule has 2 heterocycles. The highest BCUT2D eigenvalue weighted by atomic mass is 16.6. The number of rotatable bonds is 29. The second-order valence-corrected chi connectivity index (χ2v) is 20.9. The number of hydrogen-bond acceptors (Lipinski definition) is 10. The molecule has 0 unspecified atom stereocenters. The molecule has 2 aromatic rings. The predicted molar refractivity (Wildman–Crippen MR) is 264 cm³/mol. The molecule has 0 saturated carbocycles. The first-order valence-electron chi connectivity index (χ1n) is 25.0. The van der Waals surface area contributed by atoms with Crippen LogP contribution in [0.4, 0.5) is 0 Å². The van der Waals surface area contributed by atoms with Gasteiger partial charge in [0.2, 0.25) is 11.8 Å². The number of methoxy groups -OCH3 is 2. The summed E-state index contributed by atoms with van der Waals surface area (Å²) in [6, 6.07) is 6.77. The molecule has 3 N–H and O–H groups in total. The number of hydrogen-bond donors (Lipinski definition) is 2. The van der Waals surface area contributed by atoms with Gasteiger partial charge in [0.15, 0.2) is 5.78 Å². The number of aromatic nitrogens is 1. The summed E-state index contributed by atoms with van der Waals surface area (Å²) in [5.74, 6) is -2.64. The number of fused-ring (bicyclic) bond motifs is 1. The lowest BCUT2D eigenvalue weighted by Crippen LogP contribution is -2.54. The normalized spacial score (nSPS) is 18.3. The topological polar surface area (TPSA) is 165 Å². The van der Waals surface area contributed by atoms with Crippen LogP contribution in [0.5, 0.6) is 0 Å². The molecule has 66 heavy (non-hydrogen) atoms. The van der Waals surface area contributed by atoms with Gasteiger partial charge in [-0.3, -0.25) is 28.9 Å². The van der Waals surface area contributed by atoms with Crippen molar-refractivity contribution in [1.29, 1.82) is 0 Å². The number of ketones is 2. The van der Waals surface area contributed by atoms with Crippen LogP contribution >= 0.6 is 0 Å². The third-order valence-corrected chi connectivity index (χ3v) is 14.1. The number of unbranched alkanes of at least 4 members (excludes halogenated alkanes) is 3. The van der Waals surface area contributed by atoms with Crippen molar-refractivity contribution < 1.29 is 38.2 Å². The maximum Gasteiger partial charge on any atom is 0.310 e. The number of ether oxygens (including phenoxy) is 3. The van der Waals surface area contributed by atoms with Gasteiger partial charge in [0, 0.05) is 69.6 Å². The van der Waals surface area contributed by atoms with Crippen LogP contribution in [0.1, 0.15) is 139 Å². The summed E-state index contributed by atoms with van der Waals surface area (Å²) in [5.41, 5.74) is 6.85. The zero-order valence-corrected chi connectivity index (χ0v) is 43.3. The minimum atomic E-state index is -0.728. The Morgan fingerprint density at radius 2 is 1.55 bits per heavy atom. The zero-order chi connectivity index (χ0) is 49.5. The molecule has 2 amide bonds. The molecule has 374 valence electrons. The standard InChI is InChI=1S/C53H89N5O8/c1-15-36(6)49(57(12)51(62)41(34(2)3)31-45(60)48(35(4)5)56(11)27-21-17-16-20-26-54)46(64-13)32-47(61)58-28-22-25-43(58)50(65-14)37(7)44(59)30-38(52(63)66-53(8,9)10)29-39-33-55-42-24-19-18-23-40(39)42/h18-19,23-24,33-38,41,43,46,48-50,55H,15-17,20-22,25-32,54H2,1-14H3/t36-,37-,38+,41-,43-,46+,48-,49-,50+/m0/s1. The van der Waals surface area contributed by atoms with E-state index in [1.807, 2.05) is 84.0 Å². The fraction of sp³-hybridized carbons (Fsp3) is 0.755. The number of nitrogens with one attached hydrogen (secondary N) is 1. The summed E-state index contributed by atoms with van der Waals surface area (Å²) in [6.07, 6.45) is 7.39. The van der Waals surface area contributed by atoms with E-state index in [4.69, 9.17) is 19.9 Å². The van der Waals surface area contributed by atoms with Gasteiger partial charge in [-0.1, -0.05) is 85.9 Å². The predicted octanol–water partition coefficient (Wildman–Crippen LogP) is 8.25. The Labute approximate surface area is 398 Å². The molecule has 0 bridgehead atoms. The monoisotopic (exact) mass is 924 g/mol. The first-order chi connectivity index (χ1) is 31.1. The van der Waals surface area contributed by atoms with Gasteiger partial charge in [-0.15, -0.1) is 0 Å². The van der Waals surface area contributed by atoms with Gasteiger partial charge in [0.25, 0.3) is 0 Å². The Balaban J connectivity index is 1.80. The summed E-state index contributed by atoms with van der Waals surface area (Å²) in [5, 5.41) is 0.996. The highest BCUT2D eigenvalue weighted by Gasteiger charge is 2.44. The van der Waals surface area contributed by atoms with Crippen molar-refractivity contribution in [2.45, 2.75) is 176 Å². The van der Waals surface area contributed by atoms with Crippen molar-refractivity contribution in [2.75, 3.05) is 47.9 Å². The zero-order valence-electron chi connectivity index (χ0n) is 43.3. The molecule has 13 heteroatoms. The molecular formula is C53H89N5O8. The van der Waals surface area contributed by atoms with E-state index >= 15 is 0 Å². The Morgan fingerprint density at radius 3 is 2.14 bits per heavy atom. The lowest BCUT2D eigenvalue weighted by molar-refractivity contribution is -0.161. The molecule has 0 aliphatic carbocycles. The number of benzene rings is 1. The molecular weight excluding hydrogens is 835 g/mol. The largest absolute Gasteiger partial charge is 0.460 e. The molecule has 1 aromatic heterocycles. The summed E-state index contributed by atoms with van der Waals surface area (Å²) >= 11 is 0. The van der Waals surface area contributed by atoms with Crippen molar-refractivity contribution in [3.8, 4) is 0 Å². The highest BCUT2D eigenvalue weighted by molar-refractivity contribution is 5.90. The van der Waals surface area contributed by atoms with E-state index in [0.717, 1.165) is 61.5 Å². The Hall–Kier alpha value is -3.65. The van der Waals surface area contributed by atoms with Gasteiger partial charge in [0.05, 0.1) is 42.7 Å². The highest BCUT2D eigenvalue weighted by Crippen LogP contribution is 2.33. The van der Waals surface area contributed by atoms with Crippen LogP contribution in [0.2, 0.25) is 0 Å². The molecule has 1 saturated heterocycles. The number of carbonyl (C=O) groups is 5. The fourth-order valence-electron chi connectivity index (χ4n) is 10.3. The fourth-order valence-corrected chi connectivity index (χ4v) is 10.3. The van der Waals surface area contributed by atoms with Crippen LogP contribution in [0.25, 0.3) is 10.9 Å². The maximum atomic E-state index is 14.7. The molecule has 0 radical (unpaired) electrons. The molecule has 0 spiro atoms. The molecule has 3 rings (SSSR count). The number of Topliss-reactive ketones (excluding diaryl/α,β-unsaturated/α-hetero) is 2. The van der Waals surface area contributed by atoms with Crippen molar-refractivity contribution >= 4 is 40.3 Å². The van der Waals surface area contributed by atoms with E-state index in [0.29, 0.717) is 25.9 Å². The van der Waals surface area contributed by atoms with Crippen LogP contribution in [0.3, 0.4) is 0 Å². The van der Waals surface area contributed by atoms with E-state index in [2.05, 4.69) is 37.6 Å². The third-order valence-electron chi connectivity index (χ3n) is 14.1. The van der Waals surface area contributed by atoms with E-state index in [9.17, 15) is 24.0 Å². The number of H-pyrrole nitrogens is 1. The number of aromatic amines is 1. The van der Waals surface area contributed by atoms with Gasteiger partial charge in [-0.25, -0.2) is 0 Å². The Kier molecular flexibility index (Phi) is 23.0.